The second kappa shape index (κ2) is 3.96. The number of hydrogen-bond donors (Lipinski definition) is 1. The summed E-state index contributed by atoms with van der Waals surface area (Å²) in [6.07, 6.45) is 0. The van der Waals surface area contributed by atoms with E-state index in [1.807, 2.05) is 38.1 Å². The van der Waals surface area contributed by atoms with Crippen molar-refractivity contribution in [3.8, 4) is 0 Å². The van der Waals surface area contributed by atoms with E-state index in [9.17, 15) is 4.79 Å². The lowest BCUT2D eigenvalue weighted by Gasteiger charge is -2.08. The molecule has 84 valence electrons. The van der Waals surface area contributed by atoms with Gasteiger partial charge in [0.15, 0.2) is 0 Å². The molecule has 0 amide bonds. The van der Waals surface area contributed by atoms with Crippen LogP contribution in [0.1, 0.15) is 25.6 Å². The van der Waals surface area contributed by atoms with Crippen molar-refractivity contribution in [3.05, 3.63) is 30.1 Å². The van der Waals surface area contributed by atoms with E-state index in [1.54, 1.807) is 4.57 Å². The molecule has 0 bridgehead atoms. The van der Waals surface area contributed by atoms with Crippen molar-refractivity contribution in [1.29, 1.82) is 0 Å². The summed E-state index contributed by atoms with van der Waals surface area (Å²) in [6, 6.07) is 7.60. The molecule has 0 saturated heterocycles. The van der Waals surface area contributed by atoms with Crippen molar-refractivity contribution in [2.24, 2.45) is 0 Å². The first-order valence-electron chi connectivity index (χ1n) is 5.26. The number of imidazole rings is 1. The van der Waals surface area contributed by atoms with Crippen LogP contribution in [0.2, 0.25) is 0 Å². The fourth-order valence-electron chi connectivity index (χ4n) is 1.84. The zero-order valence-electron chi connectivity index (χ0n) is 9.34. The van der Waals surface area contributed by atoms with E-state index in [-0.39, 0.29) is 12.5 Å². The largest absolute Gasteiger partial charge is 0.480 e. The van der Waals surface area contributed by atoms with Gasteiger partial charge in [0.05, 0.1) is 11.0 Å². The van der Waals surface area contributed by atoms with E-state index in [4.69, 9.17) is 5.11 Å². The topological polar surface area (TPSA) is 55.1 Å². The third-order valence-electron chi connectivity index (χ3n) is 2.49. The summed E-state index contributed by atoms with van der Waals surface area (Å²) in [7, 11) is 0. The highest BCUT2D eigenvalue weighted by Crippen LogP contribution is 2.21. The molecular weight excluding hydrogens is 204 g/mol. The maximum absolute atomic E-state index is 10.8. The number of carboxylic acid groups (broad SMARTS) is 1. The van der Waals surface area contributed by atoms with Gasteiger partial charge in [0.25, 0.3) is 0 Å². The zero-order chi connectivity index (χ0) is 11.7. The van der Waals surface area contributed by atoms with Crippen LogP contribution in [-0.4, -0.2) is 20.6 Å². The number of aromatic nitrogens is 2. The summed E-state index contributed by atoms with van der Waals surface area (Å²) >= 11 is 0. The number of aliphatic carboxylic acids is 1. The number of para-hydroxylation sites is 2. The van der Waals surface area contributed by atoms with E-state index in [0.29, 0.717) is 0 Å². The molecule has 2 aromatic rings. The molecule has 0 radical (unpaired) electrons. The van der Waals surface area contributed by atoms with Crippen molar-refractivity contribution < 1.29 is 9.90 Å². The molecule has 0 fully saturated rings. The molecule has 0 saturated carbocycles. The van der Waals surface area contributed by atoms with Crippen molar-refractivity contribution in [3.63, 3.8) is 0 Å². The lowest BCUT2D eigenvalue weighted by molar-refractivity contribution is -0.137. The van der Waals surface area contributed by atoms with Gasteiger partial charge < -0.3 is 9.67 Å². The molecular formula is C12H14N2O2. The van der Waals surface area contributed by atoms with Gasteiger partial charge in [0.2, 0.25) is 0 Å². The molecule has 16 heavy (non-hydrogen) atoms. The maximum atomic E-state index is 10.8. The molecule has 0 atom stereocenters. The number of nitrogens with zero attached hydrogens (tertiary/aromatic N) is 2. The van der Waals surface area contributed by atoms with Crippen LogP contribution in [0.15, 0.2) is 24.3 Å². The molecule has 0 unspecified atom stereocenters. The van der Waals surface area contributed by atoms with Crippen LogP contribution in [0.25, 0.3) is 11.0 Å². The Morgan fingerprint density at radius 1 is 1.44 bits per heavy atom. The number of rotatable bonds is 3. The minimum Gasteiger partial charge on any atom is -0.480 e. The fourth-order valence-corrected chi connectivity index (χ4v) is 1.84. The van der Waals surface area contributed by atoms with Gasteiger partial charge in [-0.05, 0) is 12.1 Å². The van der Waals surface area contributed by atoms with E-state index in [2.05, 4.69) is 4.98 Å². The van der Waals surface area contributed by atoms with Gasteiger partial charge in [-0.3, -0.25) is 4.79 Å². The Hall–Kier alpha value is -1.84. The summed E-state index contributed by atoms with van der Waals surface area (Å²) < 4.78 is 1.77. The Bertz CT molecular complexity index is 529. The smallest absolute Gasteiger partial charge is 0.323 e. The summed E-state index contributed by atoms with van der Waals surface area (Å²) in [6.45, 7) is 3.99. The molecule has 1 aromatic carbocycles. The summed E-state index contributed by atoms with van der Waals surface area (Å²) in [5.41, 5.74) is 1.74. The molecule has 0 aliphatic heterocycles. The van der Waals surface area contributed by atoms with Crippen LogP contribution >= 0.6 is 0 Å². The predicted octanol–water partition coefficient (Wildman–Crippen LogP) is 2.24. The van der Waals surface area contributed by atoms with Gasteiger partial charge >= 0.3 is 5.97 Å². The van der Waals surface area contributed by atoms with Crippen molar-refractivity contribution in [2.45, 2.75) is 26.3 Å². The Morgan fingerprint density at radius 2 is 2.12 bits per heavy atom. The minimum absolute atomic E-state index is 0.0337. The number of fused-ring (bicyclic) bond motifs is 1. The van der Waals surface area contributed by atoms with Crippen molar-refractivity contribution >= 4 is 17.0 Å². The molecule has 4 nitrogen and oxygen atoms in total. The first-order valence-corrected chi connectivity index (χ1v) is 5.26. The molecule has 1 heterocycles. The Kier molecular flexibility index (Phi) is 2.64. The highest BCUT2D eigenvalue weighted by atomic mass is 16.4. The van der Waals surface area contributed by atoms with Crippen LogP contribution in [0.3, 0.4) is 0 Å². The zero-order valence-corrected chi connectivity index (χ0v) is 9.34. The monoisotopic (exact) mass is 218 g/mol. The van der Waals surface area contributed by atoms with Crippen LogP contribution in [0.4, 0.5) is 0 Å². The van der Waals surface area contributed by atoms with Gasteiger partial charge in [-0.15, -0.1) is 0 Å². The first kappa shape index (κ1) is 10.7. The first-order chi connectivity index (χ1) is 7.59. The maximum Gasteiger partial charge on any atom is 0.323 e. The lowest BCUT2D eigenvalue weighted by Crippen LogP contribution is -2.12. The Balaban J connectivity index is 2.64. The SMILES string of the molecule is CC(C)c1nc2ccccc2n1CC(=O)O. The molecule has 4 heteroatoms. The van der Waals surface area contributed by atoms with Crippen molar-refractivity contribution in [1.82, 2.24) is 9.55 Å². The van der Waals surface area contributed by atoms with Crippen LogP contribution in [0.5, 0.6) is 0 Å². The molecule has 0 aliphatic carbocycles. The highest BCUT2D eigenvalue weighted by Gasteiger charge is 2.14. The van der Waals surface area contributed by atoms with Crippen LogP contribution in [-0.2, 0) is 11.3 Å². The summed E-state index contributed by atoms with van der Waals surface area (Å²) in [4.78, 5) is 15.3. The van der Waals surface area contributed by atoms with E-state index in [1.165, 1.54) is 0 Å². The normalized spacial score (nSPS) is 11.2. The quantitative estimate of drug-likeness (QED) is 0.859. The van der Waals surface area contributed by atoms with Gasteiger partial charge in [-0.2, -0.15) is 0 Å². The lowest BCUT2D eigenvalue weighted by atomic mass is 10.2. The predicted molar refractivity (Wildman–Crippen MR) is 61.5 cm³/mol. The molecule has 2 rings (SSSR count). The number of benzene rings is 1. The molecule has 0 spiro atoms. The highest BCUT2D eigenvalue weighted by molar-refractivity contribution is 5.78. The molecule has 1 N–H and O–H groups in total. The van der Waals surface area contributed by atoms with Gasteiger partial charge in [0, 0.05) is 5.92 Å². The van der Waals surface area contributed by atoms with Gasteiger partial charge in [-0.25, -0.2) is 4.98 Å². The number of carboxylic acids is 1. The average Bonchev–Trinajstić information content (AvgIpc) is 2.57. The fraction of sp³-hybridized carbons (Fsp3) is 0.333. The summed E-state index contributed by atoms with van der Waals surface area (Å²) in [5.74, 6) is 0.195. The average molecular weight is 218 g/mol. The summed E-state index contributed by atoms with van der Waals surface area (Å²) in [5, 5.41) is 8.90. The van der Waals surface area contributed by atoms with E-state index >= 15 is 0 Å². The Morgan fingerprint density at radius 3 is 2.75 bits per heavy atom. The van der Waals surface area contributed by atoms with Gasteiger partial charge in [-0.1, -0.05) is 26.0 Å². The van der Waals surface area contributed by atoms with Gasteiger partial charge in [0.1, 0.15) is 12.4 Å². The Labute approximate surface area is 93.5 Å². The van der Waals surface area contributed by atoms with Crippen LogP contribution < -0.4 is 0 Å². The number of hydrogen-bond acceptors (Lipinski definition) is 2. The van der Waals surface area contributed by atoms with Crippen molar-refractivity contribution in [2.75, 3.05) is 0 Å². The van der Waals surface area contributed by atoms with E-state index < -0.39 is 5.97 Å². The second-order valence-corrected chi connectivity index (χ2v) is 4.09. The standard InChI is InChI=1S/C12H14N2O2/c1-8(2)12-13-9-5-3-4-6-10(9)14(12)7-11(15)16/h3-6,8H,7H2,1-2H3,(H,15,16). The third kappa shape index (κ3) is 1.78. The van der Waals surface area contributed by atoms with E-state index in [0.717, 1.165) is 16.9 Å². The molecule has 0 aliphatic rings. The third-order valence-corrected chi connectivity index (χ3v) is 2.49. The second-order valence-electron chi connectivity index (χ2n) is 4.09. The van der Waals surface area contributed by atoms with Crippen LogP contribution in [0, 0.1) is 0 Å². The number of carbonyl (C=O) groups is 1. The molecule has 1 aromatic heterocycles. The minimum atomic E-state index is -0.843.